The van der Waals surface area contributed by atoms with Gasteiger partial charge < -0.3 is 15.2 Å². The molecule has 0 saturated carbocycles. The van der Waals surface area contributed by atoms with E-state index in [0.717, 1.165) is 11.3 Å². The minimum Gasteiger partial charge on any atom is -0.478 e. The fourth-order valence-electron chi connectivity index (χ4n) is 2.24. The van der Waals surface area contributed by atoms with Crippen LogP contribution in [0.3, 0.4) is 0 Å². The number of rotatable bonds is 7. The first-order valence-corrected chi connectivity index (χ1v) is 8.96. The molecule has 0 radical (unpaired) electrons. The van der Waals surface area contributed by atoms with Crippen molar-refractivity contribution in [1.82, 2.24) is 4.57 Å². The van der Waals surface area contributed by atoms with E-state index < -0.39 is 11.9 Å². The van der Waals surface area contributed by atoms with Crippen molar-refractivity contribution in [3.8, 4) is 6.07 Å². The quantitative estimate of drug-likeness (QED) is 0.524. The number of ether oxygens (including phenoxy) is 1. The van der Waals surface area contributed by atoms with E-state index in [1.807, 2.05) is 0 Å². The molecule has 0 bridgehead atoms. The lowest BCUT2D eigenvalue weighted by atomic mass is 10.2. The number of nitrogens with zero attached hydrogens (tertiary/aromatic N) is 2. The third-order valence-corrected chi connectivity index (χ3v) is 4.72. The maximum absolute atomic E-state index is 12.6. The summed E-state index contributed by atoms with van der Waals surface area (Å²) in [6.45, 7) is 5.40. The Balaban J connectivity index is 2.48. The normalized spacial score (nSPS) is 12.1. The van der Waals surface area contributed by atoms with Crippen LogP contribution in [-0.2, 0) is 16.1 Å². The van der Waals surface area contributed by atoms with Gasteiger partial charge in [0.05, 0.1) is 5.56 Å². The number of carboxylic acid groups (broad SMARTS) is 1. The van der Waals surface area contributed by atoms with Crippen LogP contribution in [0.5, 0.6) is 0 Å². The van der Waals surface area contributed by atoms with Crippen LogP contribution >= 0.6 is 11.3 Å². The number of nitriles is 1. The Morgan fingerprint density at radius 3 is 2.61 bits per heavy atom. The molecule has 1 heterocycles. The third kappa shape index (κ3) is 4.55. The first-order valence-electron chi connectivity index (χ1n) is 8.15. The van der Waals surface area contributed by atoms with Gasteiger partial charge in [0.25, 0.3) is 5.56 Å². The van der Waals surface area contributed by atoms with Crippen LogP contribution in [0.15, 0.2) is 41.7 Å². The van der Waals surface area contributed by atoms with E-state index >= 15 is 0 Å². The van der Waals surface area contributed by atoms with E-state index in [2.05, 4.69) is 11.9 Å². The van der Waals surface area contributed by atoms with Crippen molar-refractivity contribution < 1.29 is 19.4 Å². The van der Waals surface area contributed by atoms with Gasteiger partial charge in [-0.15, -0.1) is 11.3 Å². The Bertz CT molecular complexity index is 1120. The molecule has 0 atom stereocenters. The number of carboxylic acids is 1. The summed E-state index contributed by atoms with van der Waals surface area (Å²) >= 11 is 0.985. The maximum atomic E-state index is 12.6. The number of carbonyl (C=O) groups excluding carboxylic acids is 1. The maximum Gasteiger partial charge on any atom is 0.352 e. The molecule has 1 aromatic carbocycles. The summed E-state index contributed by atoms with van der Waals surface area (Å²) in [5.74, 6) is -1.86. The smallest absolute Gasteiger partial charge is 0.352 e. The first-order chi connectivity index (χ1) is 13.4. The fraction of sp³-hybridized carbons (Fsp3) is 0.158. The predicted molar refractivity (Wildman–Crippen MR) is 105 cm³/mol. The van der Waals surface area contributed by atoms with Crippen LogP contribution in [0, 0.1) is 11.3 Å². The Morgan fingerprint density at radius 2 is 2.07 bits per heavy atom. The molecule has 0 amide bonds. The zero-order valence-electron chi connectivity index (χ0n) is 15.0. The number of hydrogen-bond donors (Lipinski definition) is 2. The number of esters is 1. The Hall–Kier alpha value is -3.64. The summed E-state index contributed by atoms with van der Waals surface area (Å²) in [5, 5.41) is 21.2. The van der Waals surface area contributed by atoms with Gasteiger partial charge in [-0.05, 0) is 31.2 Å². The zero-order valence-corrected chi connectivity index (χ0v) is 15.8. The number of aromatic nitrogens is 1. The van der Waals surface area contributed by atoms with Crippen molar-refractivity contribution >= 4 is 40.7 Å². The number of benzene rings is 1. The first kappa shape index (κ1) is 20.7. The molecule has 1 aromatic heterocycles. The monoisotopic (exact) mass is 399 g/mol. The van der Waals surface area contributed by atoms with E-state index in [4.69, 9.17) is 9.84 Å². The topological polar surface area (TPSA) is 121 Å². The number of nitrogens with one attached hydrogen (secondary N) is 1. The van der Waals surface area contributed by atoms with Crippen LogP contribution in [0.1, 0.15) is 17.3 Å². The molecule has 0 unspecified atom stereocenters. The second-order valence-electron chi connectivity index (χ2n) is 5.37. The molecule has 2 N–H and O–H groups in total. The third-order valence-electron chi connectivity index (χ3n) is 3.59. The summed E-state index contributed by atoms with van der Waals surface area (Å²) in [7, 11) is 0. The van der Waals surface area contributed by atoms with Crippen molar-refractivity contribution in [1.29, 1.82) is 5.26 Å². The summed E-state index contributed by atoms with van der Waals surface area (Å²) in [5.41, 5.74) is 0.110. The van der Waals surface area contributed by atoms with Gasteiger partial charge >= 0.3 is 11.9 Å². The lowest BCUT2D eigenvalue weighted by molar-refractivity contribution is -0.135. The van der Waals surface area contributed by atoms with Crippen molar-refractivity contribution in [2.75, 3.05) is 11.9 Å². The zero-order chi connectivity index (χ0) is 20.7. The number of anilines is 1. The average Bonchev–Trinajstić information content (AvgIpc) is 3.00. The molecular formula is C19H17N3O5S. The van der Waals surface area contributed by atoms with Crippen LogP contribution in [0.25, 0.3) is 11.8 Å². The molecule has 0 spiro atoms. The number of thiazole rings is 1. The Labute approximate surface area is 163 Å². The molecule has 0 fully saturated rings. The Morgan fingerprint density at radius 1 is 1.39 bits per heavy atom. The van der Waals surface area contributed by atoms with Crippen LogP contribution < -0.4 is 20.1 Å². The van der Waals surface area contributed by atoms with Gasteiger partial charge in [-0.25, -0.2) is 9.59 Å². The van der Waals surface area contributed by atoms with Crippen LogP contribution in [0.4, 0.5) is 5.69 Å². The van der Waals surface area contributed by atoms with Gasteiger partial charge in [0.15, 0.2) is 5.57 Å². The molecule has 0 aliphatic carbocycles. The molecular weight excluding hydrogens is 382 g/mol. The van der Waals surface area contributed by atoms with Gasteiger partial charge in [-0.3, -0.25) is 9.36 Å². The summed E-state index contributed by atoms with van der Waals surface area (Å²) in [6.07, 6.45) is 2.83. The molecule has 9 heteroatoms. The van der Waals surface area contributed by atoms with Crippen LogP contribution in [-0.4, -0.2) is 28.2 Å². The Kier molecular flexibility index (Phi) is 6.90. The molecule has 0 saturated heterocycles. The van der Waals surface area contributed by atoms with Gasteiger partial charge in [-0.1, -0.05) is 12.7 Å². The lowest BCUT2D eigenvalue weighted by Crippen LogP contribution is -2.32. The molecule has 28 heavy (non-hydrogen) atoms. The number of hydrogen-bond acceptors (Lipinski definition) is 7. The summed E-state index contributed by atoms with van der Waals surface area (Å²) in [6, 6.07) is 7.79. The van der Waals surface area contributed by atoms with E-state index in [1.54, 1.807) is 25.1 Å². The lowest BCUT2D eigenvalue weighted by Gasteiger charge is -2.00. The van der Waals surface area contributed by atoms with E-state index in [1.165, 1.54) is 29.0 Å². The number of aromatic carboxylic acids is 1. The van der Waals surface area contributed by atoms with E-state index in [-0.39, 0.29) is 39.0 Å². The fourth-order valence-corrected chi connectivity index (χ4v) is 3.31. The largest absolute Gasteiger partial charge is 0.478 e. The summed E-state index contributed by atoms with van der Waals surface area (Å²) < 4.78 is 6.71. The molecule has 0 aliphatic heterocycles. The summed E-state index contributed by atoms with van der Waals surface area (Å²) in [4.78, 5) is 35.5. The van der Waals surface area contributed by atoms with E-state index in [0.29, 0.717) is 5.69 Å². The van der Waals surface area contributed by atoms with Gasteiger partial charge in [0, 0.05) is 18.4 Å². The van der Waals surface area contributed by atoms with E-state index in [9.17, 15) is 19.6 Å². The van der Waals surface area contributed by atoms with Crippen molar-refractivity contribution in [3.63, 3.8) is 0 Å². The highest BCUT2D eigenvalue weighted by molar-refractivity contribution is 7.07. The second-order valence-corrected chi connectivity index (χ2v) is 6.40. The highest BCUT2D eigenvalue weighted by Crippen LogP contribution is 2.09. The van der Waals surface area contributed by atoms with Crippen molar-refractivity contribution in [3.05, 3.63) is 62.0 Å². The molecule has 0 aliphatic rings. The predicted octanol–water partition coefficient (Wildman–Crippen LogP) is 0.881. The minimum absolute atomic E-state index is 0.0430. The minimum atomic E-state index is -1.04. The second kappa shape index (κ2) is 9.34. The molecule has 144 valence electrons. The standard InChI is InChI=1S/C19H17N3O5S/c1-3-9-27-19(26)14(10-20)17-22(4-2)16(23)15(28-17)11-21-13-7-5-12(6-8-13)18(24)25/h3,5-8,11,21H,1,4,9H2,2H3,(H,24,25)/b15-11+,17-14-. The van der Waals surface area contributed by atoms with Crippen molar-refractivity contribution in [2.24, 2.45) is 0 Å². The van der Waals surface area contributed by atoms with Gasteiger partial charge in [0.1, 0.15) is 21.9 Å². The molecule has 2 rings (SSSR count). The highest BCUT2D eigenvalue weighted by Gasteiger charge is 2.16. The van der Waals surface area contributed by atoms with Crippen LogP contribution in [0.2, 0.25) is 0 Å². The molecule has 8 nitrogen and oxygen atoms in total. The SMILES string of the molecule is C=CCOC(=O)/C(C#N)=c1\s/c(=C/Nc2ccc(C(=O)O)cc2)c(=O)n1CC. The molecule has 2 aromatic rings. The number of carbonyl (C=O) groups is 2. The average molecular weight is 399 g/mol. The van der Waals surface area contributed by atoms with Crippen molar-refractivity contribution in [2.45, 2.75) is 13.5 Å². The highest BCUT2D eigenvalue weighted by atomic mass is 32.1. The van der Waals surface area contributed by atoms with Gasteiger partial charge in [-0.2, -0.15) is 5.26 Å². The van der Waals surface area contributed by atoms with Gasteiger partial charge in [0.2, 0.25) is 0 Å².